The van der Waals surface area contributed by atoms with E-state index in [-0.39, 0.29) is 30.3 Å². The van der Waals surface area contributed by atoms with Gasteiger partial charge in [-0.25, -0.2) is 23.1 Å². The molecule has 2 N–H and O–H groups in total. The third kappa shape index (κ3) is 5.22. The number of para-hydroxylation sites is 1. The molecule has 34 heavy (non-hydrogen) atoms. The topological polar surface area (TPSA) is 96.9 Å². The summed E-state index contributed by atoms with van der Waals surface area (Å²) >= 11 is 0. The molecule has 0 unspecified atom stereocenters. The number of halogens is 3. The van der Waals surface area contributed by atoms with Gasteiger partial charge in [-0.3, -0.25) is 14.6 Å². The van der Waals surface area contributed by atoms with Crippen LogP contribution in [0.1, 0.15) is 47.8 Å². The maximum atomic E-state index is 14.2. The van der Waals surface area contributed by atoms with E-state index in [1.54, 1.807) is 12.1 Å². The van der Waals surface area contributed by atoms with Crippen LogP contribution < -0.4 is 10.6 Å². The van der Waals surface area contributed by atoms with Crippen molar-refractivity contribution >= 4 is 23.1 Å². The highest BCUT2D eigenvalue weighted by atomic mass is 19.3. The highest BCUT2D eigenvalue weighted by molar-refractivity contribution is 6.00. The fourth-order valence-electron chi connectivity index (χ4n) is 3.61. The number of hydrogen-bond acceptors (Lipinski definition) is 6. The Bertz CT molecular complexity index is 1190. The lowest BCUT2D eigenvalue weighted by molar-refractivity contribution is -0.126. The highest BCUT2D eigenvalue weighted by Gasteiger charge is 2.51. The maximum Gasteiger partial charge on any atom is 0.272 e. The first-order chi connectivity index (χ1) is 16.2. The summed E-state index contributed by atoms with van der Waals surface area (Å²) in [5.41, 5.74) is -0.310. The van der Waals surface area contributed by atoms with Crippen LogP contribution in [0.15, 0.2) is 55.2 Å². The first-order valence-corrected chi connectivity index (χ1v) is 10.6. The Morgan fingerprint density at radius 1 is 1.09 bits per heavy atom. The lowest BCUT2D eigenvalue weighted by atomic mass is 9.96. The zero-order valence-corrected chi connectivity index (χ0v) is 18.3. The third-order valence-electron chi connectivity index (χ3n) is 5.73. The van der Waals surface area contributed by atoms with Crippen LogP contribution in [0.3, 0.4) is 0 Å². The van der Waals surface area contributed by atoms with Crippen molar-refractivity contribution in [2.24, 2.45) is 5.41 Å². The summed E-state index contributed by atoms with van der Waals surface area (Å²) in [4.78, 5) is 37.0. The number of aromatic nitrogens is 3. The largest absolute Gasteiger partial charge is 0.351 e. The molecule has 2 aromatic heterocycles. The molecule has 0 radical (unpaired) electrons. The molecule has 1 aliphatic rings. The Balaban J connectivity index is 1.36. The highest BCUT2D eigenvalue weighted by Crippen LogP contribution is 2.49. The second kappa shape index (κ2) is 9.20. The maximum absolute atomic E-state index is 14.2. The molecule has 176 valence electrons. The van der Waals surface area contributed by atoms with Crippen LogP contribution in [0.4, 0.5) is 24.5 Å². The number of Topliss-reactive ketones (excluding diaryl/α,β-unsaturated/α-hetero) is 1. The Morgan fingerprint density at radius 3 is 2.44 bits per heavy atom. The molecule has 0 aliphatic heterocycles. The van der Waals surface area contributed by atoms with Crippen LogP contribution in [-0.2, 0) is 17.3 Å². The molecule has 7 nitrogen and oxygen atoms in total. The van der Waals surface area contributed by atoms with Gasteiger partial charge < -0.3 is 10.6 Å². The third-order valence-corrected chi connectivity index (χ3v) is 5.73. The van der Waals surface area contributed by atoms with Gasteiger partial charge in [-0.1, -0.05) is 12.1 Å². The van der Waals surface area contributed by atoms with E-state index >= 15 is 0 Å². The van der Waals surface area contributed by atoms with Crippen molar-refractivity contribution in [2.45, 2.75) is 38.7 Å². The minimum absolute atomic E-state index is 0.0789. The molecule has 1 saturated carbocycles. The number of benzene rings is 1. The number of rotatable bonds is 9. The average molecular weight is 469 g/mol. The van der Waals surface area contributed by atoms with Crippen molar-refractivity contribution in [3.05, 3.63) is 77.9 Å². The van der Waals surface area contributed by atoms with Crippen molar-refractivity contribution in [3.8, 4) is 0 Å². The molecule has 1 aromatic carbocycles. The molecule has 10 heteroatoms. The minimum Gasteiger partial charge on any atom is -0.351 e. The second-order valence-corrected chi connectivity index (χ2v) is 8.40. The second-order valence-electron chi connectivity index (χ2n) is 8.40. The molecule has 3 aromatic rings. The van der Waals surface area contributed by atoms with Gasteiger partial charge in [-0.2, -0.15) is 0 Å². The van der Waals surface area contributed by atoms with Gasteiger partial charge in [0.2, 0.25) is 5.91 Å². The molecule has 1 aliphatic carbocycles. The quantitative estimate of drug-likeness (QED) is 0.447. The van der Waals surface area contributed by atoms with Gasteiger partial charge in [0.15, 0.2) is 5.78 Å². The van der Waals surface area contributed by atoms with E-state index in [9.17, 15) is 22.8 Å². The fourth-order valence-corrected chi connectivity index (χ4v) is 3.61. The van der Waals surface area contributed by atoms with Crippen LogP contribution in [0.25, 0.3) is 0 Å². The van der Waals surface area contributed by atoms with Gasteiger partial charge in [-0.05, 0) is 31.0 Å². The summed E-state index contributed by atoms with van der Waals surface area (Å²) in [6.07, 6.45) is 6.86. The zero-order valence-electron chi connectivity index (χ0n) is 18.3. The molecular weight excluding hydrogens is 447 g/mol. The number of nitrogens with zero attached hydrogens (tertiary/aromatic N) is 3. The number of pyridine rings is 1. The summed E-state index contributed by atoms with van der Waals surface area (Å²) < 4.78 is 41.8. The number of ketones is 1. The number of hydrogen-bond donors (Lipinski definition) is 2. The van der Waals surface area contributed by atoms with Gasteiger partial charge in [0, 0.05) is 31.3 Å². The van der Waals surface area contributed by atoms with Gasteiger partial charge >= 0.3 is 0 Å². The standard InChI is InChI=1S/C24H22F3N5O2/c1-23(26,27)18-3-2-4-19(25)21(18)32-17-6-5-16(30-13-17)12-31-22(34)24(7-8-24)9-20(33)15-10-28-14-29-11-15/h2-6,10-11,13-14,32H,7-9,12H2,1H3,(H,31,34). The van der Waals surface area contributed by atoms with Crippen molar-refractivity contribution in [2.75, 3.05) is 5.32 Å². The molecule has 1 amide bonds. The Kier molecular flexibility index (Phi) is 6.32. The van der Waals surface area contributed by atoms with E-state index in [0.29, 0.717) is 36.7 Å². The predicted molar refractivity (Wildman–Crippen MR) is 118 cm³/mol. The Hall–Kier alpha value is -3.82. The van der Waals surface area contributed by atoms with E-state index in [2.05, 4.69) is 25.6 Å². The smallest absolute Gasteiger partial charge is 0.272 e. The molecule has 0 bridgehead atoms. The summed E-state index contributed by atoms with van der Waals surface area (Å²) in [7, 11) is 0. The minimum atomic E-state index is -3.23. The van der Waals surface area contributed by atoms with E-state index in [1.165, 1.54) is 31.0 Å². The van der Waals surface area contributed by atoms with E-state index in [1.807, 2.05) is 0 Å². The number of carbonyl (C=O) groups is 2. The van der Waals surface area contributed by atoms with Crippen molar-refractivity contribution in [1.82, 2.24) is 20.3 Å². The van der Waals surface area contributed by atoms with Crippen molar-refractivity contribution in [1.29, 1.82) is 0 Å². The zero-order chi connectivity index (χ0) is 24.3. The molecule has 0 atom stereocenters. The van der Waals surface area contributed by atoms with Crippen LogP contribution >= 0.6 is 0 Å². The van der Waals surface area contributed by atoms with Crippen molar-refractivity contribution in [3.63, 3.8) is 0 Å². The van der Waals surface area contributed by atoms with Crippen molar-refractivity contribution < 1.29 is 22.8 Å². The van der Waals surface area contributed by atoms with Crippen LogP contribution in [-0.4, -0.2) is 26.6 Å². The summed E-state index contributed by atoms with van der Waals surface area (Å²) in [5, 5.41) is 5.46. The van der Waals surface area contributed by atoms with E-state index < -0.39 is 22.7 Å². The van der Waals surface area contributed by atoms with E-state index in [0.717, 1.165) is 12.1 Å². The molecule has 1 fully saturated rings. The summed E-state index contributed by atoms with van der Waals surface area (Å²) in [6.45, 7) is 0.826. The lowest BCUT2D eigenvalue weighted by Gasteiger charge is -2.18. The number of carbonyl (C=O) groups excluding carboxylic acids is 2. The Labute approximate surface area is 193 Å². The molecule has 2 heterocycles. The van der Waals surface area contributed by atoms with E-state index in [4.69, 9.17) is 0 Å². The monoisotopic (exact) mass is 469 g/mol. The van der Waals surface area contributed by atoms with Gasteiger partial charge in [0.05, 0.1) is 40.8 Å². The first-order valence-electron chi connectivity index (χ1n) is 10.6. The SMILES string of the molecule is CC(F)(F)c1cccc(F)c1Nc1ccc(CNC(=O)C2(CC(=O)c3cncnc3)CC2)nc1. The van der Waals surface area contributed by atoms with Gasteiger partial charge in [-0.15, -0.1) is 0 Å². The normalized spacial score (nSPS) is 14.4. The molecule has 0 spiro atoms. The molecule has 4 rings (SSSR count). The Morgan fingerprint density at radius 2 is 1.82 bits per heavy atom. The number of nitrogens with one attached hydrogen (secondary N) is 2. The average Bonchev–Trinajstić information content (AvgIpc) is 3.60. The predicted octanol–water partition coefficient (Wildman–Crippen LogP) is 4.54. The van der Waals surface area contributed by atoms with Crippen LogP contribution in [0.5, 0.6) is 0 Å². The number of alkyl halides is 2. The fraction of sp³-hybridized carbons (Fsp3) is 0.292. The van der Waals surface area contributed by atoms with Crippen LogP contribution in [0.2, 0.25) is 0 Å². The number of anilines is 2. The summed E-state index contributed by atoms with van der Waals surface area (Å²) in [5.74, 6) is -4.45. The van der Waals surface area contributed by atoms with Gasteiger partial charge in [0.1, 0.15) is 12.1 Å². The van der Waals surface area contributed by atoms with Crippen LogP contribution in [0, 0.1) is 11.2 Å². The molecule has 0 saturated heterocycles. The number of amides is 1. The van der Waals surface area contributed by atoms with Gasteiger partial charge in [0.25, 0.3) is 5.92 Å². The summed E-state index contributed by atoms with van der Waals surface area (Å²) in [6, 6.07) is 6.64. The first kappa shape index (κ1) is 23.3. The lowest BCUT2D eigenvalue weighted by Crippen LogP contribution is -2.33. The molecular formula is C24H22F3N5O2.